The van der Waals surface area contributed by atoms with E-state index in [1.54, 1.807) is 11.2 Å². The van der Waals surface area contributed by atoms with Gasteiger partial charge in [0, 0.05) is 6.42 Å². The number of hydrogen-bond acceptors (Lipinski definition) is 3. The van der Waals surface area contributed by atoms with Crippen LogP contribution in [0.3, 0.4) is 0 Å². The summed E-state index contributed by atoms with van der Waals surface area (Å²) in [4.78, 5) is 14.6. The van der Waals surface area contributed by atoms with E-state index in [0.29, 0.717) is 5.56 Å². The van der Waals surface area contributed by atoms with Crippen LogP contribution in [0.5, 0.6) is 0 Å². The van der Waals surface area contributed by atoms with Gasteiger partial charge in [0.15, 0.2) is 0 Å². The molecule has 0 fully saturated rings. The molecule has 0 atom stereocenters. The Balaban J connectivity index is 1.90. The van der Waals surface area contributed by atoms with Crippen LogP contribution in [0.15, 0.2) is 24.3 Å². The summed E-state index contributed by atoms with van der Waals surface area (Å²) in [6.45, 7) is 0. The second kappa shape index (κ2) is 5.90. The summed E-state index contributed by atoms with van der Waals surface area (Å²) in [5.41, 5.74) is 0.346. The number of nitrogens with one attached hydrogen (secondary N) is 2. The molecule has 0 bridgehead atoms. The Labute approximate surface area is 116 Å². The molecule has 0 radical (unpaired) electrons. The number of benzene rings is 1. The van der Waals surface area contributed by atoms with E-state index in [2.05, 4.69) is 15.4 Å². The molecule has 2 aromatic rings. The standard InChI is InChI=1S/C12H10F4N4O/c13-8-4-2-1-3-7(8)5-6-9(21)17-11-18-10(19-20-11)12(14,15)16/h1-4H,5-6H2,(H2,17,18,19,20,21). The summed E-state index contributed by atoms with van der Waals surface area (Å²) in [5.74, 6) is -2.82. The van der Waals surface area contributed by atoms with Gasteiger partial charge in [-0.1, -0.05) is 18.2 Å². The normalized spacial score (nSPS) is 11.4. The van der Waals surface area contributed by atoms with Crippen LogP contribution >= 0.6 is 0 Å². The number of rotatable bonds is 4. The third-order valence-electron chi connectivity index (χ3n) is 2.58. The fourth-order valence-electron chi connectivity index (χ4n) is 1.58. The van der Waals surface area contributed by atoms with E-state index in [4.69, 9.17) is 0 Å². The molecule has 0 aliphatic carbocycles. The van der Waals surface area contributed by atoms with Crippen molar-refractivity contribution in [1.82, 2.24) is 15.2 Å². The summed E-state index contributed by atoms with van der Waals surface area (Å²) in [7, 11) is 0. The number of hydrogen-bond donors (Lipinski definition) is 2. The van der Waals surface area contributed by atoms with Crippen molar-refractivity contribution in [2.45, 2.75) is 19.0 Å². The van der Waals surface area contributed by atoms with E-state index in [0.717, 1.165) is 0 Å². The van der Waals surface area contributed by atoms with Gasteiger partial charge >= 0.3 is 6.18 Å². The lowest BCUT2D eigenvalue weighted by Gasteiger charge is -2.03. The molecule has 9 heteroatoms. The van der Waals surface area contributed by atoms with Crippen LogP contribution in [0.2, 0.25) is 0 Å². The molecular formula is C12H10F4N4O. The highest BCUT2D eigenvalue weighted by Gasteiger charge is 2.35. The van der Waals surface area contributed by atoms with E-state index in [-0.39, 0.29) is 12.8 Å². The minimum atomic E-state index is -4.66. The van der Waals surface area contributed by atoms with Gasteiger partial charge in [-0.25, -0.2) is 4.39 Å². The molecule has 0 saturated carbocycles. The second-order valence-corrected chi connectivity index (χ2v) is 4.14. The molecule has 1 aromatic carbocycles. The summed E-state index contributed by atoms with van der Waals surface area (Å²) in [6.07, 6.45) is -4.64. The van der Waals surface area contributed by atoms with Crippen molar-refractivity contribution in [2.75, 3.05) is 5.32 Å². The molecular weight excluding hydrogens is 292 g/mol. The number of amides is 1. The van der Waals surface area contributed by atoms with Gasteiger partial charge in [-0.15, -0.1) is 5.10 Å². The average Bonchev–Trinajstić information content (AvgIpc) is 2.86. The van der Waals surface area contributed by atoms with Crippen molar-refractivity contribution in [1.29, 1.82) is 0 Å². The SMILES string of the molecule is O=C(CCc1ccccc1F)Nc1n[nH]c(C(F)(F)F)n1. The monoisotopic (exact) mass is 302 g/mol. The topological polar surface area (TPSA) is 70.7 Å². The number of carbonyl (C=O) groups is 1. The molecule has 21 heavy (non-hydrogen) atoms. The minimum absolute atomic E-state index is 0.100. The first-order chi connectivity index (χ1) is 9.86. The maximum absolute atomic E-state index is 13.3. The zero-order chi connectivity index (χ0) is 15.5. The van der Waals surface area contributed by atoms with E-state index in [1.165, 1.54) is 18.2 Å². The number of aromatic nitrogens is 3. The lowest BCUT2D eigenvalue weighted by atomic mass is 10.1. The van der Waals surface area contributed by atoms with Crippen molar-refractivity contribution in [2.24, 2.45) is 0 Å². The van der Waals surface area contributed by atoms with E-state index < -0.39 is 29.7 Å². The quantitative estimate of drug-likeness (QED) is 0.853. The van der Waals surface area contributed by atoms with Gasteiger partial charge in [0.1, 0.15) is 5.82 Å². The summed E-state index contributed by atoms with van der Waals surface area (Å²) < 4.78 is 50.1. The highest BCUT2D eigenvalue weighted by Crippen LogP contribution is 2.26. The van der Waals surface area contributed by atoms with Gasteiger partial charge in [-0.2, -0.15) is 18.2 Å². The van der Waals surface area contributed by atoms with Crippen molar-refractivity contribution in [3.63, 3.8) is 0 Å². The molecule has 5 nitrogen and oxygen atoms in total. The molecule has 112 valence electrons. The Morgan fingerprint density at radius 3 is 2.62 bits per heavy atom. The molecule has 0 unspecified atom stereocenters. The molecule has 0 aliphatic rings. The van der Waals surface area contributed by atoms with Gasteiger partial charge in [-0.05, 0) is 18.1 Å². The van der Waals surface area contributed by atoms with E-state index in [9.17, 15) is 22.4 Å². The summed E-state index contributed by atoms with van der Waals surface area (Å²) in [5, 5.41) is 7.02. The molecule has 0 spiro atoms. The summed E-state index contributed by atoms with van der Waals surface area (Å²) >= 11 is 0. The average molecular weight is 302 g/mol. The van der Waals surface area contributed by atoms with E-state index in [1.807, 2.05) is 0 Å². The van der Waals surface area contributed by atoms with Gasteiger partial charge in [-0.3, -0.25) is 15.2 Å². The Bertz CT molecular complexity index is 638. The van der Waals surface area contributed by atoms with Crippen LogP contribution in [-0.2, 0) is 17.4 Å². The zero-order valence-electron chi connectivity index (χ0n) is 10.5. The second-order valence-electron chi connectivity index (χ2n) is 4.14. The van der Waals surface area contributed by atoms with Crippen LogP contribution in [0, 0.1) is 5.82 Å². The third kappa shape index (κ3) is 4.01. The van der Waals surface area contributed by atoms with Gasteiger partial charge in [0.2, 0.25) is 17.7 Å². The molecule has 2 rings (SSSR count). The van der Waals surface area contributed by atoms with Crippen molar-refractivity contribution >= 4 is 11.9 Å². The minimum Gasteiger partial charge on any atom is -0.293 e. The maximum Gasteiger partial charge on any atom is 0.451 e. The third-order valence-corrected chi connectivity index (χ3v) is 2.58. The summed E-state index contributed by atoms with van der Waals surface area (Å²) in [6, 6.07) is 5.93. The number of nitrogens with zero attached hydrogens (tertiary/aromatic N) is 2. The number of aryl methyl sites for hydroxylation is 1. The molecule has 1 heterocycles. The predicted molar refractivity (Wildman–Crippen MR) is 64.7 cm³/mol. The zero-order valence-corrected chi connectivity index (χ0v) is 10.5. The van der Waals surface area contributed by atoms with Crippen LogP contribution in [-0.4, -0.2) is 21.1 Å². The smallest absolute Gasteiger partial charge is 0.293 e. The van der Waals surface area contributed by atoms with Crippen LogP contribution in [0.1, 0.15) is 17.8 Å². The Morgan fingerprint density at radius 2 is 2.00 bits per heavy atom. The first kappa shape index (κ1) is 14.9. The van der Waals surface area contributed by atoms with Crippen LogP contribution in [0.25, 0.3) is 0 Å². The number of halogens is 4. The Hall–Kier alpha value is -2.45. The highest BCUT2D eigenvalue weighted by atomic mass is 19.4. The largest absolute Gasteiger partial charge is 0.451 e. The number of anilines is 1. The molecule has 2 N–H and O–H groups in total. The first-order valence-corrected chi connectivity index (χ1v) is 5.89. The van der Waals surface area contributed by atoms with E-state index >= 15 is 0 Å². The first-order valence-electron chi connectivity index (χ1n) is 5.89. The highest BCUT2D eigenvalue weighted by molar-refractivity contribution is 5.89. The Kier molecular flexibility index (Phi) is 4.20. The van der Waals surface area contributed by atoms with Crippen molar-refractivity contribution < 1.29 is 22.4 Å². The molecule has 0 saturated heterocycles. The lowest BCUT2D eigenvalue weighted by Crippen LogP contribution is -2.14. The number of aromatic amines is 1. The van der Waals surface area contributed by atoms with Gasteiger partial charge in [0.05, 0.1) is 0 Å². The number of alkyl halides is 3. The van der Waals surface area contributed by atoms with Crippen LogP contribution < -0.4 is 5.32 Å². The molecule has 1 aromatic heterocycles. The molecule has 1 amide bonds. The van der Waals surface area contributed by atoms with Crippen molar-refractivity contribution in [3.05, 3.63) is 41.5 Å². The maximum atomic E-state index is 13.3. The Morgan fingerprint density at radius 1 is 1.29 bits per heavy atom. The van der Waals surface area contributed by atoms with Crippen molar-refractivity contribution in [3.8, 4) is 0 Å². The fraction of sp³-hybridized carbons (Fsp3) is 0.250. The number of H-pyrrole nitrogens is 1. The molecule has 0 aliphatic heterocycles. The van der Waals surface area contributed by atoms with Gasteiger partial charge < -0.3 is 0 Å². The fourth-order valence-corrected chi connectivity index (χ4v) is 1.58. The number of carbonyl (C=O) groups excluding carboxylic acids is 1. The van der Waals surface area contributed by atoms with Gasteiger partial charge in [0.25, 0.3) is 0 Å². The van der Waals surface area contributed by atoms with Crippen LogP contribution in [0.4, 0.5) is 23.5 Å². The lowest BCUT2D eigenvalue weighted by molar-refractivity contribution is -0.144. The predicted octanol–water partition coefficient (Wildman–Crippen LogP) is 2.53.